The highest BCUT2D eigenvalue weighted by Gasteiger charge is 2.40. The average molecular weight is 500 g/mol. The molecule has 180 valence electrons. The number of nitrogens with one attached hydrogen (secondary N) is 1. The van der Waals surface area contributed by atoms with Crippen LogP contribution in [0, 0.1) is 10.1 Å². The van der Waals surface area contributed by atoms with Crippen LogP contribution in [0.2, 0.25) is 0 Å². The zero-order valence-corrected chi connectivity index (χ0v) is 17.2. The van der Waals surface area contributed by atoms with E-state index >= 15 is 0 Å². The number of hydrogen-bond donors (Lipinski definition) is 2. The molecule has 0 fully saturated rings. The van der Waals surface area contributed by atoms with Gasteiger partial charge in [-0.25, -0.2) is 8.42 Å². The van der Waals surface area contributed by atoms with Gasteiger partial charge in [-0.1, -0.05) is 6.07 Å². The summed E-state index contributed by atoms with van der Waals surface area (Å²) in [5.74, 6) is -2.92. The number of amides is 1. The first-order valence-electron chi connectivity index (χ1n) is 8.64. The lowest BCUT2D eigenvalue weighted by atomic mass is 10.1. The molecule has 0 saturated carbocycles. The Labute approximate surface area is 181 Å². The average Bonchev–Trinajstić information content (AvgIpc) is 2.65. The van der Waals surface area contributed by atoms with Crippen LogP contribution in [0.3, 0.4) is 0 Å². The number of carbonyl (C=O) groups excluding carboxylic acids is 1. The fourth-order valence-electron chi connectivity index (χ4n) is 2.65. The standard InChI is InChI=1S/C18H14F6N2O6S/c1-16(28,9-33(31,32)12-4-2-3-10(7-12)17(19,20)21)15(27)25-11-5-6-14(26(29)30)13(8-11)18(22,23)24/h2-8,28H,9H2,1H3,(H,25,27). The van der Waals surface area contributed by atoms with Gasteiger partial charge < -0.3 is 10.4 Å². The highest BCUT2D eigenvalue weighted by Crippen LogP contribution is 2.38. The van der Waals surface area contributed by atoms with E-state index in [0.717, 1.165) is 18.2 Å². The molecule has 0 aliphatic heterocycles. The van der Waals surface area contributed by atoms with Crippen LogP contribution < -0.4 is 5.32 Å². The van der Waals surface area contributed by atoms with E-state index in [0.29, 0.717) is 25.1 Å². The lowest BCUT2D eigenvalue weighted by molar-refractivity contribution is -0.388. The summed E-state index contributed by atoms with van der Waals surface area (Å²) in [5.41, 5.74) is -7.75. The zero-order chi connectivity index (χ0) is 25.4. The maximum atomic E-state index is 13.1. The number of aliphatic hydroxyl groups is 1. The van der Waals surface area contributed by atoms with Gasteiger partial charge in [0.15, 0.2) is 15.4 Å². The van der Waals surface area contributed by atoms with Crippen LogP contribution >= 0.6 is 0 Å². The maximum absolute atomic E-state index is 13.1. The summed E-state index contributed by atoms with van der Waals surface area (Å²) in [6.45, 7) is 0.684. The number of sulfone groups is 1. The van der Waals surface area contributed by atoms with Crippen molar-refractivity contribution in [1.82, 2.24) is 0 Å². The Morgan fingerprint density at radius 3 is 2.18 bits per heavy atom. The molecule has 2 rings (SSSR count). The van der Waals surface area contributed by atoms with E-state index in [4.69, 9.17) is 0 Å². The van der Waals surface area contributed by atoms with E-state index in [9.17, 15) is 54.8 Å². The summed E-state index contributed by atoms with van der Waals surface area (Å²) in [6.07, 6.45) is -10.0. The van der Waals surface area contributed by atoms with Crippen LogP contribution in [0.25, 0.3) is 0 Å². The van der Waals surface area contributed by atoms with Crippen molar-refractivity contribution >= 4 is 27.1 Å². The van der Waals surface area contributed by atoms with Crippen molar-refractivity contribution in [3.8, 4) is 0 Å². The molecule has 0 bridgehead atoms. The first-order valence-corrected chi connectivity index (χ1v) is 10.3. The predicted octanol–water partition coefficient (Wildman–Crippen LogP) is 3.80. The molecule has 33 heavy (non-hydrogen) atoms. The topological polar surface area (TPSA) is 127 Å². The molecule has 15 heteroatoms. The summed E-state index contributed by atoms with van der Waals surface area (Å²) >= 11 is 0. The SMILES string of the molecule is CC(O)(CS(=O)(=O)c1cccc(C(F)(F)F)c1)C(=O)Nc1ccc([N+](=O)[O-])c(C(F)(F)F)c1. The van der Waals surface area contributed by atoms with E-state index in [1.807, 2.05) is 5.32 Å². The highest BCUT2D eigenvalue weighted by molar-refractivity contribution is 7.91. The molecule has 0 aliphatic rings. The molecule has 0 aromatic heterocycles. The second-order valence-corrected chi connectivity index (χ2v) is 8.99. The fraction of sp³-hybridized carbons (Fsp3) is 0.278. The first-order chi connectivity index (χ1) is 14.8. The van der Waals surface area contributed by atoms with E-state index in [2.05, 4.69) is 0 Å². The lowest BCUT2D eigenvalue weighted by Crippen LogP contribution is -2.45. The van der Waals surface area contributed by atoms with Crippen LogP contribution in [0.5, 0.6) is 0 Å². The molecule has 2 aromatic carbocycles. The van der Waals surface area contributed by atoms with Crippen LogP contribution in [0.1, 0.15) is 18.1 Å². The van der Waals surface area contributed by atoms with Gasteiger partial charge in [0.25, 0.3) is 11.6 Å². The number of anilines is 1. The van der Waals surface area contributed by atoms with Gasteiger partial charge in [-0.05, 0) is 37.3 Å². The summed E-state index contributed by atoms with van der Waals surface area (Å²) < 4.78 is 103. The van der Waals surface area contributed by atoms with E-state index in [1.54, 1.807) is 0 Å². The second kappa shape index (κ2) is 8.62. The summed E-state index contributed by atoms with van der Waals surface area (Å²) in [5, 5.41) is 22.9. The lowest BCUT2D eigenvalue weighted by Gasteiger charge is -2.22. The van der Waals surface area contributed by atoms with Crippen molar-refractivity contribution in [2.24, 2.45) is 0 Å². The van der Waals surface area contributed by atoms with Crippen LogP contribution in [-0.2, 0) is 27.0 Å². The van der Waals surface area contributed by atoms with Crippen molar-refractivity contribution in [2.45, 2.75) is 29.8 Å². The minimum Gasteiger partial charge on any atom is -0.379 e. The second-order valence-electron chi connectivity index (χ2n) is 7.00. The van der Waals surface area contributed by atoms with Crippen LogP contribution in [0.15, 0.2) is 47.4 Å². The molecular formula is C18H14F6N2O6S. The number of nitrogens with zero attached hydrogens (tertiary/aromatic N) is 1. The van der Waals surface area contributed by atoms with Gasteiger partial charge in [-0.2, -0.15) is 26.3 Å². The molecule has 2 N–H and O–H groups in total. The van der Waals surface area contributed by atoms with Crippen LogP contribution in [-0.4, -0.2) is 35.7 Å². The first kappa shape index (κ1) is 26.1. The predicted molar refractivity (Wildman–Crippen MR) is 101 cm³/mol. The Hall–Kier alpha value is -3.20. The van der Waals surface area contributed by atoms with Gasteiger partial charge in [0.05, 0.1) is 21.1 Å². The third kappa shape index (κ3) is 6.19. The van der Waals surface area contributed by atoms with Crippen molar-refractivity contribution in [3.05, 3.63) is 63.7 Å². The fourth-order valence-corrected chi connectivity index (χ4v) is 4.28. The molecule has 1 unspecified atom stereocenters. The molecular weight excluding hydrogens is 486 g/mol. The molecule has 0 heterocycles. The third-order valence-corrected chi connectivity index (χ3v) is 6.15. The quantitative estimate of drug-likeness (QED) is 0.353. The molecule has 2 aromatic rings. The minimum absolute atomic E-state index is 0.216. The minimum atomic E-state index is -5.17. The van der Waals surface area contributed by atoms with Gasteiger partial charge in [-0.15, -0.1) is 0 Å². The largest absolute Gasteiger partial charge is 0.423 e. The molecule has 0 spiro atoms. The Morgan fingerprint density at radius 2 is 1.67 bits per heavy atom. The summed E-state index contributed by atoms with van der Waals surface area (Å²) in [4.78, 5) is 21.0. The van der Waals surface area contributed by atoms with E-state index in [1.165, 1.54) is 0 Å². The Bertz CT molecular complexity index is 1190. The number of nitro groups is 1. The van der Waals surface area contributed by atoms with Crippen molar-refractivity contribution < 1.29 is 49.6 Å². The summed E-state index contributed by atoms with van der Waals surface area (Å²) in [6, 6.07) is 3.92. The van der Waals surface area contributed by atoms with Gasteiger partial charge in [0.1, 0.15) is 5.56 Å². The number of benzene rings is 2. The van der Waals surface area contributed by atoms with Crippen LogP contribution in [0.4, 0.5) is 37.7 Å². The third-order valence-electron chi connectivity index (χ3n) is 4.24. The van der Waals surface area contributed by atoms with E-state index < -0.39 is 71.8 Å². The number of carbonyl (C=O) groups is 1. The molecule has 1 atom stereocenters. The Kier molecular flexibility index (Phi) is 6.81. The number of alkyl halides is 6. The molecule has 0 aliphatic carbocycles. The zero-order valence-electron chi connectivity index (χ0n) is 16.4. The number of rotatable bonds is 6. The van der Waals surface area contributed by atoms with Crippen molar-refractivity contribution in [1.29, 1.82) is 0 Å². The van der Waals surface area contributed by atoms with E-state index in [-0.39, 0.29) is 6.07 Å². The highest BCUT2D eigenvalue weighted by atomic mass is 32.2. The van der Waals surface area contributed by atoms with Gasteiger partial charge >= 0.3 is 12.4 Å². The van der Waals surface area contributed by atoms with Crippen molar-refractivity contribution in [3.63, 3.8) is 0 Å². The monoisotopic (exact) mass is 500 g/mol. The maximum Gasteiger partial charge on any atom is 0.423 e. The Morgan fingerprint density at radius 1 is 1.06 bits per heavy atom. The molecule has 0 saturated heterocycles. The normalized spacial score (nSPS) is 14.4. The van der Waals surface area contributed by atoms with Gasteiger partial charge in [0.2, 0.25) is 0 Å². The number of hydrogen-bond acceptors (Lipinski definition) is 6. The van der Waals surface area contributed by atoms with Gasteiger partial charge in [-0.3, -0.25) is 14.9 Å². The molecule has 8 nitrogen and oxygen atoms in total. The van der Waals surface area contributed by atoms with Crippen molar-refractivity contribution in [2.75, 3.05) is 11.1 Å². The smallest absolute Gasteiger partial charge is 0.379 e. The summed E-state index contributed by atoms with van der Waals surface area (Å²) in [7, 11) is -4.67. The number of nitro benzene ring substituents is 1. The molecule has 1 amide bonds. The number of halogens is 6. The molecule has 0 radical (unpaired) electrons. The Balaban J connectivity index is 2.31. The van der Waals surface area contributed by atoms with Gasteiger partial charge in [0, 0.05) is 11.8 Å².